The second-order valence-corrected chi connectivity index (χ2v) is 3.22. The zero-order chi connectivity index (χ0) is 9.73. The maximum absolute atomic E-state index is 10.1. The molecule has 7 nitrogen and oxygen atoms in total. The third-order valence-electron chi connectivity index (χ3n) is 1.15. The molecule has 0 saturated heterocycles. The van der Waals surface area contributed by atoms with Crippen molar-refractivity contribution in [3.05, 3.63) is 19.0 Å². The first-order valence-electron chi connectivity index (χ1n) is 3.34. The van der Waals surface area contributed by atoms with Crippen LogP contribution in [-0.4, -0.2) is 29.5 Å². The Balaban J connectivity index is 2.37. The molecule has 1 N–H and O–H groups in total. The van der Waals surface area contributed by atoms with Crippen molar-refractivity contribution in [1.29, 1.82) is 0 Å². The second kappa shape index (κ2) is 4.21. The summed E-state index contributed by atoms with van der Waals surface area (Å²) in [5.41, 5.74) is 0. The lowest BCUT2D eigenvalue weighted by Gasteiger charge is -1.97. The molecule has 72 valence electrons. The van der Waals surface area contributed by atoms with E-state index in [1.165, 1.54) is 23.5 Å². The SMILES string of the molecule is O=S(=O)(O)OCC[n+]1cncnc1. The second-order valence-electron chi connectivity index (χ2n) is 2.13. The van der Waals surface area contributed by atoms with Crippen molar-refractivity contribution in [2.24, 2.45) is 0 Å². The number of rotatable bonds is 4. The van der Waals surface area contributed by atoms with Crippen LogP contribution in [0.15, 0.2) is 19.0 Å². The normalized spacial score (nSPS) is 11.5. The molecule has 0 spiro atoms. The Kier molecular flexibility index (Phi) is 3.23. The van der Waals surface area contributed by atoms with Crippen molar-refractivity contribution < 1.29 is 21.7 Å². The van der Waals surface area contributed by atoms with Crippen LogP contribution in [0, 0.1) is 0 Å². The van der Waals surface area contributed by atoms with Crippen molar-refractivity contribution in [3.8, 4) is 0 Å². The van der Waals surface area contributed by atoms with Gasteiger partial charge in [-0.1, -0.05) is 9.97 Å². The number of hydrogen-bond donors (Lipinski definition) is 1. The van der Waals surface area contributed by atoms with E-state index in [4.69, 9.17) is 4.55 Å². The molecule has 0 saturated carbocycles. The predicted molar refractivity (Wildman–Crippen MR) is 39.7 cm³/mol. The van der Waals surface area contributed by atoms with Gasteiger partial charge in [0.1, 0.15) is 0 Å². The van der Waals surface area contributed by atoms with E-state index >= 15 is 0 Å². The summed E-state index contributed by atoms with van der Waals surface area (Å²) < 4.78 is 34.0. The van der Waals surface area contributed by atoms with Gasteiger partial charge in [0.15, 0.2) is 0 Å². The van der Waals surface area contributed by atoms with Crippen LogP contribution in [0.4, 0.5) is 0 Å². The molecule has 0 radical (unpaired) electrons. The van der Waals surface area contributed by atoms with Gasteiger partial charge < -0.3 is 0 Å². The molecule has 13 heavy (non-hydrogen) atoms. The molecular formula is C5H8N3O4S+. The van der Waals surface area contributed by atoms with Gasteiger partial charge >= 0.3 is 10.4 Å². The highest BCUT2D eigenvalue weighted by atomic mass is 32.3. The van der Waals surface area contributed by atoms with Gasteiger partial charge in [-0.25, -0.2) is 8.75 Å². The van der Waals surface area contributed by atoms with Gasteiger partial charge in [0.05, 0.1) is 13.2 Å². The minimum atomic E-state index is -4.35. The summed E-state index contributed by atoms with van der Waals surface area (Å²) >= 11 is 0. The Labute approximate surface area is 75.0 Å². The summed E-state index contributed by atoms with van der Waals surface area (Å²) in [4.78, 5) is 7.37. The summed E-state index contributed by atoms with van der Waals surface area (Å²) in [5.74, 6) is 0. The quantitative estimate of drug-likeness (QED) is 0.480. The zero-order valence-electron chi connectivity index (χ0n) is 6.57. The first kappa shape index (κ1) is 9.96. The molecular weight excluding hydrogens is 198 g/mol. The molecule has 0 bridgehead atoms. The van der Waals surface area contributed by atoms with Gasteiger partial charge in [-0.05, 0) is 0 Å². The third-order valence-corrected chi connectivity index (χ3v) is 1.61. The average molecular weight is 206 g/mol. The van der Waals surface area contributed by atoms with Crippen LogP contribution in [0.2, 0.25) is 0 Å². The standard InChI is InChI=1S/C5H7N3O4S/c9-13(10,11)12-2-1-8-4-6-3-7-5-8/h3-5H,1-2H2/p+1. The molecule has 0 aliphatic rings. The maximum atomic E-state index is 10.1. The van der Waals surface area contributed by atoms with Gasteiger partial charge in [-0.3, -0.25) is 4.55 Å². The lowest BCUT2D eigenvalue weighted by molar-refractivity contribution is -0.703. The summed E-state index contributed by atoms with van der Waals surface area (Å²) in [6, 6.07) is 0. The molecule has 0 amide bonds. The molecule has 0 atom stereocenters. The van der Waals surface area contributed by atoms with Crippen LogP contribution in [0.5, 0.6) is 0 Å². The van der Waals surface area contributed by atoms with E-state index in [9.17, 15) is 8.42 Å². The Morgan fingerprint density at radius 1 is 1.38 bits per heavy atom. The van der Waals surface area contributed by atoms with E-state index in [1.54, 1.807) is 0 Å². The Morgan fingerprint density at radius 3 is 2.54 bits per heavy atom. The Hall–Kier alpha value is -1.12. The molecule has 0 fully saturated rings. The molecule has 1 rings (SSSR count). The lowest BCUT2D eigenvalue weighted by atomic mass is 10.7. The average Bonchev–Trinajstić information content (AvgIpc) is 2.04. The van der Waals surface area contributed by atoms with Crippen molar-refractivity contribution in [1.82, 2.24) is 9.97 Å². The van der Waals surface area contributed by atoms with Gasteiger partial charge in [-0.2, -0.15) is 8.42 Å². The summed E-state index contributed by atoms with van der Waals surface area (Å²) in [7, 11) is -4.35. The van der Waals surface area contributed by atoms with Gasteiger partial charge in [0.2, 0.25) is 12.7 Å². The fourth-order valence-electron chi connectivity index (χ4n) is 0.663. The first-order valence-corrected chi connectivity index (χ1v) is 4.70. The van der Waals surface area contributed by atoms with E-state index < -0.39 is 10.4 Å². The van der Waals surface area contributed by atoms with Crippen LogP contribution < -0.4 is 4.57 Å². The zero-order valence-corrected chi connectivity index (χ0v) is 7.38. The van der Waals surface area contributed by atoms with Crippen LogP contribution in [0.3, 0.4) is 0 Å². The molecule has 0 aliphatic heterocycles. The molecule has 0 aromatic carbocycles. The van der Waals surface area contributed by atoms with Crippen LogP contribution >= 0.6 is 0 Å². The van der Waals surface area contributed by atoms with E-state index in [-0.39, 0.29) is 13.2 Å². The fourth-order valence-corrected chi connectivity index (χ4v) is 0.948. The summed E-state index contributed by atoms with van der Waals surface area (Å²) in [6.07, 6.45) is 4.26. The minimum absolute atomic E-state index is 0.156. The van der Waals surface area contributed by atoms with E-state index in [0.29, 0.717) is 0 Å². The van der Waals surface area contributed by atoms with Gasteiger partial charge in [0, 0.05) is 0 Å². The number of aromatic nitrogens is 3. The first-order chi connectivity index (χ1) is 6.08. The van der Waals surface area contributed by atoms with Crippen LogP contribution in [-0.2, 0) is 21.1 Å². The third kappa shape index (κ3) is 4.45. The predicted octanol–water partition coefficient (Wildman–Crippen LogP) is -1.42. The van der Waals surface area contributed by atoms with Crippen molar-refractivity contribution in [2.75, 3.05) is 6.61 Å². The van der Waals surface area contributed by atoms with Crippen molar-refractivity contribution in [2.45, 2.75) is 6.54 Å². The van der Waals surface area contributed by atoms with Crippen molar-refractivity contribution in [3.63, 3.8) is 0 Å². The number of nitrogens with zero attached hydrogens (tertiary/aromatic N) is 3. The highest BCUT2D eigenvalue weighted by molar-refractivity contribution is 7.80. The van der Waals surface area contributed by atoms with Gasteiger partial charge in [0.25, 0.3) is 6.33 Å². The molecule has 0 unspecified atom stereocenters. The van der Waals surface area contributed by atoms with Crippen LogP contribution in [0.25, 0.3) is 0 Å². The Morgan fingerprint density at radius 2 is 2.00 bits per heavy atom. The van der Waals surface area contributed by atoms with Crippen molar-refractivity contribution >= 4 is 10.4 Å². The molecule has 8 heteroatoms. The molecule has 1 aromatic rings. The minimum Gasteiger partial charge on any atom is -0.264 e. The largest absolute Gasteiger partial charge is 0.397 e. The van der Waals surface area contributed by atoms with E-state index in [1.807, 2.05) is 0 Å². The summed E-state index contributed by atoms with van der Waals surface area (Å²) in [5, 5.41) is 0. The Bertz CT molecular complexity index is 351. The number of hydrogen-bond acceptors (Lipinski definition) is 5. The monoisotopic (exact) mass is 206 g/mol. The topological polar surface area (TPSA) is 93.3 Å². The van der Waals surface area contributed by atoms with Gasteiger partial charge in [-0.15, -0.1) is 0 Å². The highest BCUT2D eigenvalue weighted by Gasteiger charge is 2.04. The van der Waals surface area contributed by atoms with E-state index in [2.05, 4.69) is 14.2 Å². The summed E-state index contributed by atoms with van der Waals surface area (Å²) in [6.45, 7) is 0.0947. The molecule has 1 aromatic heterocycles. The molecule has 0 aliphatic carbocycles. The molecule has 1 heterocycles. The smallest absolute Gasteiger partial charge is 0.264 e. The van der Waals surface area contributed by atoms with Crippen LogP contribution in [0.1, 0.15) is 0 Å². The maximum Gasteiger partial charge on any atom is 0.397 e. The van der Waals surface area contributed by atoms with E-state index in [0.717, 1.165) is 0 Å². The lowest BCUT2D eigenvalue weighted by Crippen LogP contribution is -2.36. The highest BCUT2D eigenvalue weighted by Crippen LogP contribution is 1.83. The fraction of sp³-hybridized carbons (Fsp3) is 0.400.